The maximum atomic E-state index is 12.9. The molecule has 3 aromatic rings. The molecule has 12 atom stereocenters. The number of carboxylic acids is 2. The molecule has 3 aromatic heterocycles. The zero-order valence-electron chi connectivity index (χ0n) is 62.8. The summed E-state index contributed by atoms with van der Waals surface area (Å²) >= 11 is 2.89. The molecule has 43 nitrogen and oxygen atoms in total. The van der Waals surface area contributed by atoms with Crippen molar-refractivity contribution in [3.63, 3.8) is 0 Å². The van der Waals surface area contributed by atoms with Crippen molar-refractivity contribution in [1.29, 1.82) is 5.26 Å². The molecule has 3 fully saturated rings. The number of carboxylic acid groups (broad SMARTS) is 2. The molecular weight excluding hydrogens is 1590 g/mol. The number of imide groups is 1. The molecule has 0 spiro atoms. The van der Waals surface area contributed by atoms with Crippen LogP contribution in [-0.2, 0) is 94.3 Å². The van der Waals surface area contributed by atoms with E-state index in [9.17, 15) is 72.5 Å². The Balaban J connectivity index is 0.000000763. The molecule has 3 aliphatic heterocycles. The number of aromatic nitrogens is 6. The number of esters is 1. The van der Waals surface area contributed by atoms with Crippen LogP contribution in [0.25, 0.3) is 16.0 Å². The number of nitrogen functional groups attached to an aromatic ring is 2. The van der Waals surface area contributed by atoms with E-state index in [0.29, 0.717) is 67.4 Å². The number of aliphatic hydroxyl groups is 3. The van der Waals surface area contributed by atoms with Gasteiger partial charge in [0, 0.05) is 67.6 Å². The first-order chi connectivity index (χ1) is 52.7. The number of fused-ring (bicyclic) bond motifs is 1. The first-order valence-corrected chi connectivity index (χ1v) is 38.7. The number of nitrogens with two attached hydrogens (primary N) is 3. The molecule has 6 heterocycles. The number of hydrogen-bond donors (Lipinski definition) is 13. The number of nitrogens with zero attached hydrogens (tertiary/aromatic N) is 9. The number of phosphoric acid groups is 2. The molecule has 0 bridgehead atoms. The number of carbonyl (C=O) groups excluding carboxylic acids is 6. The fourth-order valence-electron chi connectivity index (χ4n) is 8.72. The van der Waals surface area contributed by atoms with Crippen LogP contribution in [0.4, 0.5) is 11.6 Å². The molecular formula is C66H103BrN14O29P2. The monoisotopic (exact) mass is 1700 g/mol. The van der Waals surface area contributed by atoms with Crippen molar-refractivity contribution < 1.29 is 135 Å². The van der Waals surface area contributed by atoms with Gasteiger partial charge >= 0.3 is 45.2 Å². The van der Waals surface area contributed by atoms with Gasteiger partial charge in [0.25, 0.3) is 17.3 Å². The lowest BCUT2D eigenvalue weighted by molar-refractivity contribution is -0.197. The van der Waals surface area contributed by atoms with Gasteiger partial charge in [0.1, 0.15) is 66.4 Å². The highest BCUT2D eigenvalue weighted by atomic mass is 79.9. The van der Waals surface area contributed by atoms with Gasteiger partial charge in [0.05, 0.1) is 45.8 Å². The zero-order valence-corrected chi connectivity index (χ0v) is 66.2. The number of allylic oxidation sites excluding steroid dienone is 3. The van der Waals surface area contributed by atoms with E-state index in [1.807, 2.05) is 0 Å². The van der Waals surface area contributed by atoms with E-state index in [2.05, 4.69) is 122 Å². The number of imidazole rings is 1. The predicted molar refractivity (Wildman–Crippen MR) is 398 cm³/mol. The lowest BCUT2D eigenvalue weighted by Crippen LogP contribution is -2.45. The fourth-order valence-corrected chi connectivity index (χ4v) is 10.0. The molecule has 1 unspecified atom stereocenters. The van der Waals surface area contributed by atoms with Gasteiger partial charge < -0.3 is 106 Å². The second-order valence-electron chi connectivity index (χ2n) is 25.2. The van der Waals surface area contributed by atoms with E-state index >= 15 is 0 Å². The molecule has 0 saturated carbocycles. The standard InChI is InChI=1S/C19H26N8O14P2.C15H24N2O4.C13H23NO4.C9H11NO4.C8H17NO3.C2H2BrN/c20-9-1-2-26(19(31)25-9)18-13(30)14(8(40-18)4-37-42(32,33)34)41-43(35,36)38-3-7-11(28)12(29)17(39-7)27-6-24-10-15(21)22-5-23-16(10)27;1-4-5-6-14(18)17-13(15(19)21-10-8-16)11-20-9-7-12(2)3;1-4-5-6-12(15)14-11(13(16)17)9-18-8-7-10(2)3;1-2-3-4-9(13)14-10-7(11)5-6-8(10)12;1-6(2)3-4-12-5-7(9)8(10)11;1-4-2-3/h1-2,5-8,11-14,17-18,28-30H,3-4H2,(H,35,36)(H2,20,25,31)(H2,21,22,23)(H2,32,33,34);4,12-13H,1,5-7,9-11H2,2-3H3,(H,17,18);4,10-11H,1,5-9H2,2-3H3,(H,14,15)(H,16,17);2H,1,3-6H2;6-7H,3-5,9H2,1-2H3,(H,10,11);2H2/t7-,8-,11-,12-,13-,14-,17-,18-;13-;11-;;7-;/m100.0./s1. The number of alkyl halides is 1. The van der Waals surface area contributed by atoms with E-state index in [4.69, 9.17) is 86.5 Å². The minimum absolute atomic E-state index is 0.00187. The number of ether oxygens (including phenoxy) is 6. The van der Waals surface area contributed by atoms with Crippen molar-refractivity contribution >= 4 is 102 Å². The molecule has 0 aromatic carbocycles. The Hall–Kier alpha value is -8.47. The minimum atomic E-state index is -5.18. The first kappa shape index (κ1) is 102. The molecule has 112 heavy (non-hydrogen) atoms. The van der Waals surface area contributed by atoms with Crippen LogP contribution in [0, 0.1) is 35.7 Å². The molecule has 0 radical (unpaired) electrons. The van der Waals surface area contributed by atoms with Gasteiger partial charge in [-0.3, -0.25) is 46.7 Å². The summed E-state index contributed by atoms with van der Waals surface area (Å²) in [5.74, 6) is -3.35. The molecule has 4 amide bonds. The molecule has 3 aliphatic rings. The van der Waals surface area contributed by atoms with Crippen molar-refractivity contribution in [1.82, 2.24) is 44.8 Å². The van der Waals surface area contributed by atoms with E-state index in [0.717, 1.165) is 36.4 Å². The summed E-state index contributed by atoms with van der Waals surface area (Å²) in [6.07, 6.45) is 0.484. The van der Waals surface area contributed by atoms with Crippen LogP contribution < -0.4 is 33.5 Å². The van der Waals surface area contributed by atoms with Crippen molar-refractivity contribution in [2.75, 3.05) is 76.4 Å². The highest BCUT2D eigenvalue weighted by Crippen LogP contribution is 2.50. The topological polar surface area (TPSA) is 637 Å². The lowest BCUT2D eigenvalue weighted by atomic mass is 10.1. The SMILES string of the molecule is C=CCCC(=O)N[C@@H](COCCC(C)C)C(=O)O.C=CCCC(=O)N[C@@H](COCCC(C)C)C(=O)OCC#N.C=CCCC(=O)ON1C(=O)CCC1=O.CC(C)CCOC[C@H](N)C(=O)O.Nc1ccn([C@@H]2O[C@H](COP(=O)(O)O)[C@@H](OP(=O)(O)OC[C@H]3O[C@@H](n4cnc5c(N)ncnc54)[C@H](O)[C@@H]3O)[C@H]2O)c(=O)n1.[C-]#[N+]CBr. The maximum absolute atomic E-state index is 12.9. The Morgan fingerprint density at radius 2 is 1.24 bits per heavy atom. The number of hydrogen-bond acceptors (Lipinski definition) is 32. The third kappa shape index (κ3) is 40.3. The number of amides is 4. The Bertz CT molecular complexity index is 3710. The van der Waals surface area contributed by atoms with Gasteiger partial charge in [-0.2, -0.15) is 10.2 Å². The highest BCUT2D eigenvalue weighted by molar-refractivity contribution is 9.09. The van der Waals surface area contributed by atoms with E-state index < -0.39 is 137 Å². The molecule has 628 valence electrons. The Labute approximate surface area is 653 Å². The lowest BCUT2D eigenvalue weighted by Gasteiger charge is -2.24. The van der Waals surface area contributed by atoms with Crippen molar-refractivity contribution in [2.45, 2.75) is 179 Å². The van der Waals surface area contributed by atoms with Crippen molar-refractivity contribution in [3.05, 3.63) is 84.8 Å². The Morgan fingerprint density at radius 3 is 1.73 bits per heavy atom. The summed E-state index contributed by atoms with van der Waals surface area (Å²) in [6, 6.07) is 0.149. The van der Waals surface area contributed by atoms with E-state index in [-0.39, 0.29) is 93.1 Å². The van der Waals surface area contributed by atoms with Gasteiger partial charge in [-0.05, 0) is 62.3 Å². The summed E-state index contributed by atoms with van der Waals surface area (Å²) in [7, 11) is -10.3. The third-order valence-electron chi connectivity index (χ3n) is 14.7. The van der Waals surface area contributed by atoms with Gasteiger partial charge in [-0.25, -0.2) is 49.8 Å². The summed E-state index contributed by atoms with van der Waals surface area (Å²) in [5.41, 5.74) is 16.2. The Morgan fingerprint density at radius 1 is 0.741 bits per heavy atom. The maximum Gasteiger partial charge on any atom is 0.472 e. The number of halogens is 1. The van der Waals surface area contributed by atoms with Crippen LogP contribution in [0.1, 0.15) is 125 Å². The molecule has 0 aliphatic carbocycles. The van der Waals surface area contributed by atoms with Gasteiger partial charge in [-0.1, -0.05) is 59.8 Å². The average Bonchev–Trinajstić information content (AvgIpc) is 1.64. The third-order valence-corrected chi connectivity index (χ3v) is 16.4. The highest BCUT2D eigenvalue weighted by Gasteiger charge is 2.51. The van der Waals surface area contributed by atoms with Crippen molar-refractivity contribution in [3.8, 4) is 6.07 Å². The second kappa shape index (κ2) is 54.3. The average molecular weight is 1700 g/mol. The predicted octanol–water partition coefficient (Wildman–Crippen LogP) is 2.17. The number of carbonyl (C=O) groups is 8. The number of phosphoric ester groups is 2. The van der Waals surface area contributed by atoms with Crippen LogP contribution in [-0.4, -0.2) is 242 Å². The van der Waals surface area contributed by atoms with Crippen LogP contribution in [0.2, 0.25) is 0 Å². The second-order valence-corrected chi connectivity index (χ2v) is 28.4. The normalized spacial score (nSPS) is 19.6. The van der Waals surface area contributed by atoms with E-state index in [1.165, 1.54) is 17.0 Å². The summed E-state index contributed by atoms with van der Waals surface area (Å²) in [6.45, 7) is 28.5. The number of aliphatic carboxylic acids is 2. The number of anilines is 2. The molecule has 16 N–H and O–H groups in total. The summed E-state index contributed by atoms with van der Waals surface area (Å²) in [4.78, 5) is 153. The molecule has 6 rings (SSSR count). The number of hydroxylamine groups is 2. The van der Waals surface area contributed by atoms with Gasteiger partial charge in [-0.15, -0.1) is 24.8 Å². The minimum Gasteiger partial charge on any atom is -0.480 e. The number of nitriles is 1. The van der Waals surface area contributed by atoms with Crippen LogP contribution >= 0.6 is 31.6 Å². The van der Waals surface area contributed by atoms with Crippen LogP contribution in [0.15, 0.2) is 67.7 Å². The van der Waals surface area contributed by atoms with Crippen LogP contribution in [0.3, 0.4) is 0 Å². The first-order valence-electron chi connectivity index (χ1n) is 34.6. The van der Waals surface area contributed by atoms with Gasteiger partial charge in [0.15, 0.2) is 42.6 Å². The quantitative estimate of drug-likeness (QED) is 0.00566. The number of aliphatic hydroxyl groups excluding tert-OH is 3. The van der Waals surface area contributed by atoms with Crippen LogP contribution in [0.5, 0.6) is 0 Å². The number of rotatable bonds is 41. The fraction of sp³-hybridized carbons (Fsp3) is 0.621. The largest absolute Gasteiger partial charge is 0.480 e. The summed E-state index contributed by atoms with van der Waals surface area (Å²) in [5, 5.41) is 63.2. The van der Waals surface area contributed by atoms with E-state index in [1.54, 1.807) is 24.3 Å². The zero-order chi connectivity index (χ0) is 84.8. The Kier molecular flexibility index (Phi) is 49.2. The number of nitrogens with one attached hydrogen (secondary N) is 2. The smallest absolute Gasteiger partial charge is 0.472 e. The summed E-state index contributed by atoms with van der Waals surface area (Å²) < 4.78 is 72.1. The van der Waals surface area contributed by atoms with Gasteiger partial charge in [0.2, 0.25) is 11.8 Å². The van der Waals surface area contributed by atoms with Crippen molar-refractivity contribution in [2.24, 2.45) is 23.5 Å². The molecule has 3 saturated heterocycles. The molecule has 46 heteroatoms.